The van der Waals surface area contributed by atoms with Gasteiger partial charge in [-0.2, -0.15) is 0 Å². The zero-order chi connectivity index (χ0) is 17.3. The Bertz CT molecular complexity index is 651. The Morgan fingerprint density at radius 3 is 2.84 bits per heavy atom. The van der Waals surface area contributed by atoms with E-state index in [9.17, 15) is 4.79 Å². The molecule has 1 aliphatic rings. The van der Waals surface area contributed by atoms with E-state index in [1.54, 1.807) is 6.20 Å². The Labute approximate surface area is 153 Å². The fraction of sp³-hybridized carbons (Fsp3) is 0.400. The molecule has 1 aromatic heterocycles. The number of rotatable bonds is 7. The van der Waals surface area contributed by atoms with Gasteiger partial charge in [0.05, 0.1) is 23.5 Å². The standard InChI is InChI=1S/C20H24N2O2S/c23-20(16-25-19-11-4-5-12-21-19)22-13-14-24-18(15-22)10-6-9-17-7-2-1-3-8-17/h1-5,7-8,11-12,18H,6,9-10,13-16H2. The van der Waals surface area contributed by atoms with E-state index in [2.05, 4.69) is 29.2 Å². The molecule has 4 nitrogen and oxygen atoms in total. The fourth-order valence-electron chi connectivity index (χ4n) is 2.96. The zero-order valence-electron chi connectivity index (χ0n) is 14.3. The summed E-state index contributed by atoms with van der Waals surface area (Å²) in [5.74, 6) is 0.611. The first kappa shape index (κ1) is 18.0. The summed E-state index contributed by atoms with van der Waals surface area (Å²) in [6.07, 6.45) is 5.04. The average molecular weight is 356 g/mol. The largest absolute Gasteiger partial charge is 0.375 e. The Morgan fingerprint density at radius 1 is 1.20 bits per heavy atom. The van der Waals surface area contributed by atoms with Crippen molar-refractivity contribution in [1.82, 2.24) is 9.88 Å². The Hall–Kier alpha value is -1.85. The van der Waals surface area contributed by atoms with Crippen LogP contribution in [0.5, 0.6) is 0 Å². The molecule has 0 radical (unpaired) electrons. The lowest BCUT2D eigenvalue weighted by atomic mass is 10.1. The van der Waals surface area contributed by atoms with Crippen molar-refractivity contribution in [1.29, 1.82) is 0 Å². The van der Waals surface area contributed by atoms with Crippen LogP contribution in [0, 0.1) is 0 Å². The smallest absolute Gasteiger partial charge is 0.233 e. The van der Waals surface area contributed by atoms with E-state index in [1.165, 1.54) is 17.3 Å². The average Bonchev–Trinajstić information content (AvgIpc) is 2.68. The molecule has 5 heteroatoms. The number of morpholine rings is 1. The number of nitrogens with zero attached hydrogens (tertiary/aromatic N) is 2. The summed E-state index contributed by atoms with van der Waals surface area (Å²) in [6, 6.07) is 16.3. The molecule has 3 rings (SSSR count). The van der Waals surface area contributed by atoms with E-state index < -0.39 is 0 Å². The van der Waals surface area contributed by atoms with E-state index in [0.717, 1.165) is 24.3 Å². The predicted octanol–water partition coefficient (Wildman–Crippen LogP) is 3.42. The molecule has 2 aromatic rings. The van der Waals surface area contributed by atoms with Gasteiger partial charge in [-0.1, -0.05) is 48.2 Å². The minimum absolute atomic E-state index is 0.154. The van der Waals surface area contributed by atoms with Crippen molar-refractivity contribution in [3.05, 3.63) is 60.3 Å². The number of carbonyl (C=O) groups is 1. The van der Waals surface area contributed by atoms with E-state index in [1.807, 2.05) is 29.2 Å². The van der Waals surface area contributed by atoms with Gasteiger partial charge < -0.3 is 9.64 Å². The van der Waals surface area contributed by atoms with Gasteiger partial charge in [0.15, 0.2) is 0 Å². The van der Waals surface area contributed by atoms with Crippen molar-refractivity contribution in [2.75, 3.05) is 25.4 Å². The zero-order valence-corrected chi connectivity index (χ0v) is 15.2. The summed E-state index contributed by atoms with van der Waals surface area (Å²) in [6.45, 7) is 2.03. The van der Waals surface area contributed by atoms with Crippen LogP contribution in [0.2, 0.25) is 0 Å². The van der Waals surface area contributed by atoms with Gasteiger partial charge in [-0.15, -0.1) is 0 Å². The number of carbonyl (C=O) groups excluding carboxylic acids is 1. The van der Waals surface area contributed by atoms with Crippen LogP contribution >= 0.6 is 11.8 Å². The monoisotopic (exact) mass is 356 g/mol. The molecule has 1 atom stereocenters. The molecule has 132 valence electrons. The van der Waals surface area contributed by atoms with Gasteiger partial charge >= 0.3 is 0 Å². The molecule has 1 unspecified atom stereocenters. The lowest BCUT2D eigenvalue weighted by Crippen LogP contribution is -2.46. The summed E-state index contributed by atoms with van der Waals surface area (Å²) in [5, 5.41) is 0.892. The number of pyridine rings is 1. The quantitative estimate of drug-likeness (QED) is 0.713. The second-order valence-electron chi connectivity index (χ2n) is 6.17. The van der Waals surface area contributed by atoms with Crippen LogP contribution in [0.15, 0.2) is 59.8 Å². The van der Waals surface area contributed by atoms with Crippen LogP contribution < -0.4 is 0 Å². The van der Waals surface area contributed by atoms with Crippen molar-refractivity contribution in [2.45, 2.75) is 30.4 Å². The topological polar surface area (TPSA) is 42.4 Å². The second-order valence-corrected chi connectivity index (χ2v) is 7.16. The SMILES string of the molecule is O=C(CSc1ccccn1)N1CCOC(CCCc2ccccc2)C1. The highest BCUT2D eigenvalue weighted by Crippen LogP contribution is 2.17. The van der Waals surface area contributed by atoms with E-state index >= 15 is 0 Å². The van der Waals surface area contributed by atoms with Gasteiger partial charge in [0.25, 0.3) is 0 Å². The number of aryl methyl sites for hydroxylation is 1. The molecule has 0 saturated carbocycles. The van der Waals surface area contributed by atoms with Crippen LogP contribution in [0.4, 0.5) is 0 Å². The van der Waals surface area contributed by atoms with Crippen molar-refractivity contribution in [2.24, 2.45) is 0 Å². The molecular formula is C20H24N2O2S. The highest BCUT2D eigenvalue weighted by atomic mass is 32.2. The van der Waals surface area contributed by atoms with Crippen molar-refractivity contribution in [3.63, 3.8) is 0 Å². The molecule has 0 spiro atoms. The van der Waals surface area contributed by atoms with Gasteiger partial charge in [-0.25, -0.2) is 4.98 Å². The minimum Gasteiger partial charge on any atom is -0.375 e. The fourth-order valence-corrected chi connectivity index (χ4v) is 3.72. The van der Waals surface area contributed by atoms with Gasteiger partial charge in [0, 0.05) is 19.3 Å². The third-order valence-corrected chi connectivity index (χ3v) is 5.24. The summed E-state index contributed by atoms with van der Waals surface area (Å²) < 4.78 is 5.85. The number of ether oxygens (including phenoxy) is 1. The van der Waals surface area contributed by atoms with Crippen LogP contribution in [0.25, 0.3) is 0 Å². The van der Waals surface area contributed by atoms with Crippen molar-refractivity contribution < 1.29 is 9.53 Å². The highest BCUT2D eigenvalue weighted by Gasteiger charge is 2.23. The van der Waals surface area contributed by atoms with Gasteiger partial charge in [0.1, 0.15) is 0 Å². The minimum atomic E-state index is 0.154. The predicted molar refractivity (Wildman–Crippen MR) is 101 cm³/mol. The number of hydrogen-bond donors (Lipinski definition) is 0. The first-order chi connectivity index (χ1) is 12.3. The normalized spacial score (nSPS) is 17.4. The molecule has 1 saturated heterocycles. The Balaban J connectivity index is 1.40. The summed E-state index contributed by atoms with van der Waals surface area (Å²) in [5.41, 5.74) is 1.36. The number of thioether (sulfide) groups is 1. The second kappa shape index (κ2) is 9.59. The Kier molecular flexibility index (Phi) is 6.89. The van der Waals surface area contributed by atoms with Gasteiger partial charge in [-0.05, 0) is 37.0 Å². The van der Waals surface area contributed by atoms with Crippen LogP contribution in [-0.2, 0) is 16.0 Å². The molecule has 1 amide bonds. The molecule has 1 fully saturated rings. The van der Waals surface area contributed by atoms with Crippen molar-refractivity contribution in [3.8, 4) is 0 Å². The van der Waals surface area contributed by atoms with Gasteiger partial charge in [0.2, 0.25) is 5.91 Å². The lowest BCUT2D eigenvalue weighted by Gasteiger charge is -2.33. The maximum atomic E-state index is 12.4. The molecule has 25 heavy (non-hydrogen) atoms. The van der Waals surface area contributed by atoms with Crippen LogP contribution in [-0.4, -0.2) is 47.3 Å². The van der Waals surface area contributed by atoms with Crippen LogP contribution in [0.1, 0.15) is 18.4 Å². The van der Waals surface area contributed by atoms with Gasteiger partial charge in [-0.3, -0.25) is 4.79 Å². The van der Waals surface area contributed by atoms with Crippen LogP contribution in [0.3, 0.4) is 0 Å². The third-order valence-electron chi connectivity index (χ3n) is 4.31. The summed E-state index contributed by atoms with van der Waals surface area (Å²) in [4.78, 5) is 18.6. The lowest BCUT2D eigenvalue weighted by molar-refractivity contribution is -0.136. The van der Waals surface area contributed by atoms with E-state index in [4.69, 9.17) is 4.74 Å². The first-order valence-electron chi connectivity index (χ1n) is 8.78. The molecule has 1 aromatic carbocycles. The molecule has 0 aliphatic carbocycles. The van der Waals surface area contributed by atoms with E-state index in [0.29, 0.717) is 25.4 Å². The Morgan fingerprint density at radius 2 is 2.04 bits per heavy atom. The third kappa shape index (κ3) is 5.87. The number of amides is 1. The number of hydrogen-bond acceptors (Lipinski definition) is 4. The summed E-state index contributed by atoms with van der Waals surface area (Å²) >= 11 is 1.50. The maximum Gasteiger partial charge on any atom is 0.233 e. The summed E-state index contributed by atoms with van der Waals surface area (Å²) in [7, 11) is 0. The highest BCUT2D eigenvalue weighted by molar-refractivity contribution is 7.99. The molecule has 2 heterocycles. The number of aromatic nitrogens is 1. The first-order valence-corrected chi connectivity index (χ1v) is 9.77. The molecule has 1 aliphatic heterocycles. The van der Waals surface area contributed by atoms with E-state index in [-0.39, 0.29) is 12.0 Å². The van der Waals surface area contributed by atoms with Crippen molar-refractivity contribution >= 4 is 17.7 Å². The molecule has 0 N–H and O–H groups in total. The number of benzene rings is 1. The molecule has 0 bridgehead atoms. The maximum absolute atomic E-state index is 12.4. The molecular weight excluding hydrogens is 332 g/mol.